The van der Waals surface area contributed by atoms with Crippen molar-refractivity contribution in [3.63, 3.8) is 0 Å². The molecule has 0 aromatic carbocycles. The first-order chi connectivity index (χ1) is 10.5. The van der Waals surface area contributed by atoms with Crippen LogP contribution in [0.1, 0.15) is 22.5 Å². The summed E-state index contributed by atoms with van der Waals surface area (Å²) in [6, 6.07) is 3.73. The first-order valence-corrected chi connectivity index (χ1v) is 7.53. The predicted molar refractivity (Wildman–Crippen MR) is 80.4 cm³/mol. The zero-order chi connectivity index (χ0) is 15.7. The number of ether oxygens (including phenoxy) is 1. The van der Waals surface area contributed by atoms with E-state index in [2.05, 4.69) is 4.98 Å². The second kappa shape index (κ2) is 5.68. The molecule has 6 nitrogen and oxygen atoms in total. The average molecular weight is 303 g/mol. The highest BCUT2D eigenvalue weighted by Gasteiger charge is 2.43. The summed E-state index contributed by atoms with van der Waals surface area (Å²) in [4.78, 5) is 32.2. The second-order valence-corrected chi connectivity index (χ2v) is 6.39. The molecule has 1 atom stereocenters. The third-order valence-electron chi connectivity index (χ3n) is 4.57. The zero-order valence-corrected chi connectivity index (χ0v) is 13.0. The van der Waals surface area contributed by atoms with Crippen molar-refractivity contribution >= 4 is 11.8 Å². The molecule has 2 amide bonds. The maximum absolute atomic E-state index is 12.7. The van der Waals surface area contributed by atoms with Crippen LogP contribution in [0.5, 0.6) is 0 Å². The topological polar surface area (TPSA) is 62.7 Å². The lowest BCUT2D eigenvalue weighted by Gasteiger charge is -2.29. The smallest absolute Gasteiger partial charge is 0.272 e. The van der Waals surface area contributed by atoms with Crippen LogP contribution in [0.15, 0.2) is 18.3 Å². The molecular formula is C16H21N3O3. The summed E-state index contributed by atoms with van der Waals surface area (Å²) in [6.07, 6.45) is 2.50. The Morgan fingerprint density at radius 2 is 2.23 bits per heavy atom. The molecule has 2 fully saturated rings. The van der Waals surface area contributed by atoms with Crippen LogP contribution < -0.4 is 0 Å². The lowest BCUT2D eigenvalue weighted by atomic mass is 9.88. The van der Waals surface area contributed by atoms with Crippen LogP contribution in [0.3, 0.4) is 0 Å². The highest BCUT2D eigenvalue weighted by molar-refractivity contribution is 5.93. The van der Waals surface area contributed by atoms with Gasteiger partial charge in [0, 0.05) is 38.3 Å². The highest BCUT2D eigenvalue weighted by Crippen LogP contribution is 2.34. The number of amides is 2. The number of pyridine rings is 1. The number of aryl methyl sites for hydroxylation is 1. The minimum Gasteiger partial charge on any atom is -0.371 e. The standard InChI is InChI=1S/C16H21N3O3/c1-12-4-3-6-17-14(12)15(21)19-7-5-16(10-19)9-18(2)13(20)8-22-11-16/h3-4,6H,5,7-11H2,1-2H3. The van der Waals surface area contributed by atoms with Gasteiger partial charge in [-0.15, -0.1) is 0 Å². The summed E-state index contributed by atoms with van der Waals surface area (Å²) in [7, 11) is 1.80. The number of likely N-dealkylation sites (N-methyl/N-ethyl adjacent to an activating group) is 1. The van der Waals surface area contributed by atoms with Crippen LogP contribution >= 0.6 is 0 Å². The summed E-state index contributed by atoms with van der Waals surface area (Å²) in [5.41, 5.74) is 1.25. The van der Waals surface area contributed by atoms with Crippen molar-refractivity contribution in [2.45, 2.75) is 13.3 Å². The van der Waals surface area contributed by atoms with Crippen LogP contribution in [0.4, 0.5) is 0 Å². The Bertz CT molecular complexity index is 604. The largest absolute Gasteiger partial charge is 0.371 e. The first kappa shape index (κ1) is 15.0. The number of aromatic nitrogens is 1. The van der Waals surface area contributed by atoms with Crippen molar-refractivity contribution in [1.29, 1.82) is 0 Å². The van der Waals surface area contributed by atoms with Crippen LogP contribution in [-0.2, 0) is 9.53 Å². The fourth-order valence-electron chi connectivity index (χ4n) is 3.32. The Labute approximate surface area is 130 Å². The normalized spacial score (nSPS) is 25.6. The van der Waals surface area contributed by atoms with Gasteiger partial charge in [0.1, 0.15) is 12.3 Å². The van der Waals surface area contributed by atoms with E-state index < -0.39 is 0 Å². The van der Waals surface area contributed by atoms with Crippen molar-refractivity contribution in [3.8, 4) is 0 Å². The third kappa shape index (κ3) is 2.70. The summed E-state index contributed by atoms with van der Waals surface area (Å²) in [5.74, 6) is -0.0320. The zero-order valence-electron chi connectivity index (χ0n) is 13.0. The van der Waals surface area contributed by atoms with E-state index in [1.165, 1.54) is 0 Å². The minimum absolute atomic E-state index is 0.00206. The maximum Gasteiger partial charge on any atom is 0.272 e. The molecule has 1 aromatic rings. The Hall–Kier alpha value is -1.95. The summed E-state index contributed by atoms with van der Waals surface area (Å²) in [6.45, 7) is 4.48. The van der Waals surface area contributed by atoms with E-state index in [1.807, 2.05) is 24.0 Å². The summed E-state index contributed by atoms with van der Waals surface area (Å²) >= 11 is 0. The average Bonchev–Trinajstić information content (AvgIpc) is 2.84. The first-order valence-electron chi connectivity index (χ1n) is 7.53. The molecule has 0 bridgehead atoms. The van der Waals surface area contributed by atoms with Crippen molar-refractivity contribution in [3.05, 3.63) is 29.6 Å². The van der Waals surface area contributed by atoms with Crippen molar-refractivity contribution < 1.29 is 14.3 Å². The second-order valence-electron chi connectivity index (χ2n) is 6.39. The Kier molecular flexibility index (Phi) is 3.87. The number of nitrogens with zero attached hydrogens (tertiary/aromatic N) is 3. The number of rotatable bonds is 1. The Morgan fingerprint density at radius 3 is 3.00 bits per heavy atom. The van der Waals surface area contributed by atoms with Gasteiger partial charge in [-0.2, -0.15) is 0 Å². The molecule has 2 saturated heterocycles. The molecule has 3 rings (SSSR count). The van der Waals surface area contributed by atoms with E-state index in [1.54, 1.807) is 18.1 Å². The predicted octanol–water partition coefficient (Wildman–Crippen LogP) is 0.711. The minimum atomic E-state index is -0.154. The quantitative estimate of drug-likeness (QED) is 0.766. The number of hydrogen-bond donors (Lipinski definition) is 0. The van der Waals surface area contributed by atoms with Crippen molar-refractivity contribution in [1.82, 2.24) is 14.8 Å². The van der Waals surface area contributed by atoms with E-state index in [0.29, 0.717) is 31.9 Å². The van der Waals surface area contributed by atoms with Gasteiger partial charge in [-0.3, -0.25) is 14.6 Å². The van der Waals surface area contributed by atoms with E-state index in [-0.39, 0.29) is 23.8 Å². The summed E-state index contributed by atoms with van der Waals surface area (Å²) < 4.78 is 5.53. The van der Waals surface area contributed by atoms with E-state index in [0.717, 1.165) is 12.0 Å². The lowest BCUT2D eigenvalue weighted by Crippen LogP contribution is -2.41. The van der Waals surface area contributed by atoms with E-state index >= 15 is 0 Å². The van der Waals surface area contributed by atoms with Gasteiger partial charge in [0.05, 0.1) is 6.61 Å². The van der Waals surface area contributed by atoms with Gasteiger partial charge >= 0.3 is 0 Å². The fourth-order valence-corrected chi connectivity index (χ4v) is 3.32. The van der Waals surface area contributed by atoms with Crippen LogP contribution in [-0.4, -0.2) is 66.5 Å². The molecule has 0 N–H and O–H groups in total. The monoisotopic (exact) mass is 303 g/mol. The molecular weight excluding hydrogens is 282 g/mol. The van der Waals surface area contributed by atoms with Crippen molar-refractivity contribution in [2.75, 3.05) is 39.9 Å². The molecule has 1 unspecified atom stereocenters. The van der Waals surface area contributed by atoms with Crippen LogP contribution in [0, 0.1) is 12.3 Å². The van der Waals surface area contributed by atoms with Gasteiger partial charge in [0.25, 0.3) is 5.91 Å². The number of carbonyl (C=O) groups is 2. The molecule has 0 aliphatic carbocycles. The third-order valence-corrected chi connectivity index (χ3v) is 4.57. The Morgan fingerprint density at radius 1 is 1.41 bits per heavy atom. The Balaban J connectivity index is 1.76. The molecule has 1 spiro atoms. The van der Waals surface area contributed by atoms with E-state index in [4.69, 9.17) is 4.74 Å². The molecule has 6 heteroatoms. The van der Waals surface area contributed by atoms with Gasteiger partial charge < -0.3 is 14.5 Å². The molecule has 118 valence electrons. The highest BCUT2D eigenvalue weighted by atomic mass is 16.5. The van der Waals surface area contributed by atoms with Gasteiger partial charge in [-0.25, -0.2) is 0 Å². The molecule has 0 saturated carbocycles. The van der Waals surface area contributed by atoms with Crippen molar-refractivity contribution in [2.24, 2.45) is 5.41 Å². The number of hydrogen-bond acceptors (Lipinski definition) is 4. The van der Waals surface area contributed by atoms with Gasteiger partial charge in [0.15, 0.2) is 0 Å². The number of likely N-dealkylation sites (tertiary alicyclic amines) is 1. The van der Waals surface area contributed by atoms with Gasteiger partial charge in [-0.05, 0) is 25.0 Å². The number of carbonyl (C=O) groups excluding carboxylic acids is 2. The molecule has 0 radical (unpaired) electrons. The van der Waals surface area contributed by atoms with E-state index in [9.17, 15) is 9.59 Å². The molecule has 2 aliphatic rings. The SMILES string of the molecule is Cc1cccnc1C(=O)N1CCC2(COCC(=O)N(C)C2)C1. The fraction of sp³-hybridized carbons (Fsp3) is 0.562. The lowest BCUT2D eigenvalue weighted by molar-refractivity contribution is -0.132. The summed E-state index contributed by atoms with van der Waals surface area (Å²) in [5, 5.41) is 0. The van der Waals surface area contributed by atoms with Gasteiger partial charge in [-0.1, -0.05) is 6.07 Å². The molecule has 22 heavy (non-hydrogen) atoms. The van der Waals surface area contributed by atoms with Gasteiger partial charge in [0.2, 0.25) is 5.91 Å². The van der Waals surface area contributed by atoms with Crippen LogP contribution in [0.2, 0.25) is 0 Å². The van der Waals surface area contributed by atoms with Crippen LogP contribution in [0.25, 0.3) is 0 Å². The molecule has 1 aromatic heterocycles. The molecule has 2 aliphatic heterocycles. The molecule has 3 heterocycles. The maximum atomic E-state index is 12.7.